The minimum absolute atomic E-state index is 0.0117. The molecule has 0 fully saturated rings. The number of hydrogen-bond donors (Lipinski definition) is 1. The van der Waals surface area contributed by atoms with E-state index in [0.29, 0.717) is 5.75 Å². The lowest BCUT2D eigenvalue weighted by Gasteiger charge is -2.07. The topological polar surface area (TPSA) is 89.7 Å². The number of nitrogens with zero attached hydrogens (tertiary/aromatic N) is 1. The minimum atomic E-state index is -1.23. The quantitative estimate of drug-likeness (QED) is 0.676. The number of aromatic carboxylic acids is 1. The minimum Gasteiger partial charge on any atom is -0.478 e. The Balaban J connectivity index is 2.38. The van der Waals surface area contributed by atoms with E-state index in [-0.39, 0.29) is 11.3 Å². The van der Waals surface area contributed by atoms with Gasteiger partial charge in [-0.3, -0.25) is 10.1 Å². The van der Waals surface area contributed by atoms with Gasteiger partial charge in [-0.15, -0.1) is 0 Å². The molecule has 6 nitrogen and oxygen atoms in total. The third kappa shape index (κ3) is 3.12. The van der Waals surface area contributed by atoms with Crippen LogP contribution in [0.3, 0.4) is 0 Å². The lowest BCUT2D eigenvalue weighted by molar-refractivity contribution is -0.385. The van der Waals surface area contributed by atoms with Crippen molar-refractivity contribution in [2.45, 2.75) is 0 Å². The van der Waals surface area contributed by atoms with E-state index in [9.17, 15) is 14.9 Å². The zero-order chi connectivity index (χ0) is 14.7. The molecule has 2 aromatic rings. The first-order chi connectivity index (χ1) is 9.47. The van der Waals surface area contributed by atoms with Crippen LogP contribution in [0, 0.1) is 10.1 Å². The van der Waals surface area contributed by atoms with E-state index in [1.54, 1.807) is 24.3 Å². The maximum Gasteiger partial charge on any atom is 0.335 e. The first-order valence-electron chi connectivity index (χ1n) is 5.42. The molecule has 0 bridgehead atoms. The summed E-state index contributed by atoms with van der Waals surface area (Å²) in [5.41, 5.74) is -0.562. The molecule has 0 saturated heterocycles. The zero-order valence-electron chi connectivity index (χ0n) is 9.95. The van der Waals surface area contributed by atoms with Gasteiger partial charge in [-0.05, 0) is 36.4 Å². The van der Waals surface area contributed by atoms with Crippen molar-refractivity contribution in [2.24, 2.45) is 0 Å². The molecule has 0 saturated carbocycles. The van der Waals surface area contributed by atoms with Crippen molar-refractivity contribution in [3.8, 4) is 11.5 Å². The smallest absolute Gasteiger partial charge is 0.335 e. The van der Waals surface area contributed by atoms with Crippen molar-refractivity contribution in [3.05, 3.63) is 62.6 Å². The van der Waals surface area contributed by atoms with Crippen LogP contribution in [0.15, 0.2) is 46.9 Å². The van der Waals surface area contributed by atoms with Crippen LogP contribution in [0.4, 0.5) is 5.69 Å². The molecule has 0 heterocycles. The van der Waals surface area contributed by atoms with Gasteiger partial charge in [-0.25, -0.2) is 4.79 Å². The van der Waals surface area contributed by atoms with Crippen molar-refractivity contribution in [2.75, 3.05) is 0 Å². The Hall–Kier alpha value is -2.41. The molecule has 102 valence electrons. The van der Waals surface area contributed by atoms with Crippen molar-refractivity contribution in [1.82, 2.24) is 0 Å². The Morgan fingerprint density at radius 1 is 1.20 bits per heavy atom. The Morgan fingerprint density at radius 2 is 1.85 bits per heavy atom. The number of benzene rings is 2. The second-order valence-corrected chi connectivity index (χ2v) is 4.72. The predicted molar refractivity (Wildman–Crippen MR) is 74.3 cm³/mol. The van der Waals surface area contributed by atoms with Gasteiger partial charge in [0.1, 0.15) is 5.75 Å². The van der Waals surface area contributed by atoms with Crippen LogP contribution in [-0.4, -0.2) is 16.0 Å². The zero-order valence-corrected chi connectivity index (χ0v) is 11.5. The van der Waals surface area contributed by atoms with Crippen molar-refractivity contribution >= 4 is 27.6 Å². The Kier molecular flexibility index (Phi) is 3.99. The third-order valence-corrected chi connectivity index (χ3v) is 2.97. The number of hydrogen-bond acceptors (Lipinski definition) is 4. The second kappa shape index (κ2) is 5.70. The Labute approximate surface area is 121 Å². The van der Waals surface area contributed by atoms with E-state index in [1.165, 1.54) is 12.1 Å². The third-order valence-electron chi connectivity index (χ3n) is 2.44. The fourth-order valence-electron chi connectivity index (χ4n) is 1.51. The number of carbonyl (C=O) groups is 1. The maximum atomic E-state index is 11.0. The number of halogens is 1. The molecule has 2 aromatic carbocycles. The Morgan fingerprint density at radius 3 is 2.40 bits per heavy atom. The van der Waals surface area contributed by atoms with Crippen LogP contribution in [0.25, 0.3) is 0 Å². The van der Waals surface area contributed by atoms with Crippen LogP contribution in [0.1, 0.15) is 10.4 Å². The van der Waals surface area contributed by atoms with Gasteiger partial charge >= 0.3 is 11.7 Å². The summed E-state index contributed by atoms with van der Waals surface area (Å²) in [5.74, 6) is -0.829. The molecular formula is C13H8BrNO5. The molecule has 0 amide bonds. The fraction of sp³-hybridized carbons (Fsp3) is 0. The van der Waals surface area contributed by atoms with Gasteiger partial charge in [0.05, 0.1) is 10.5 Å². The average Bonchev–Trinajstić information content (AvgIpc) is 2.41. The van der Waals surface area contributed by atoms with Crippen LogP contribution >= 0.6 is 15.9 Å². The van der Waals surface area contributed by atoms with Gasteiger partial charge in [-0.1, -0.05) is 15.9 Å². The highest BCUT2D eigenvalue weighted by Crippen LogP contribution is 2.32. The number of rotatable bonds is 4. The van der Waals surface area contributed by atoms with E-state index in [2.05, 4.69) is 15.9 Å². The number of nitro benzene ring substituents is 1. The van der Waals surface area contributed by atoms with Crippen LogP contribution in [-0.2, 0) is 0 Å². The monoisotopic (exact) mass is 337 g/mol. The van der Waals surface area contributed by atoms with Crippen LogP contribution in [0.5, 0.6) is 11.5 Å². The van der Waals surface area contributed by atoms with Gasteiger partial charge in [0.25, 0.3) is 0 Å². The molecule has 0 aliphatic carbocycles. The molecule has 2 rings (SSSR count). The lowest BCUT2D eigenvalue weighted by atomic mass is 10.2. The maximum absolute atomic E-state index is 11.0. The summed E-state index contributed by atoms with van der Waals surface area (Å²) in [4.78, 5) is 21.1. The van der Waals surface area contributed by atoms with E-state index in [1.807, 2.05) is 0 Å². The molecule has 0 unspecified atom stereocenters. The number of ether oxygens (including phenoxy) is 1. The highest BCUT2D eigenvalue weighted by molar-refractivity contribution is 9.10. The number of nitro groups is 1. The van der Waals surface area contributed by atoms with Gasteiger partial charge in [0, 0.05) is 10.5 Å². The summed E-state index contributed by atoms with van der Waals surface area (Å²) in [5, 5.41) is 19.8. The molecule has 0 radical (unpaired) electrons. The second-order valence-electron chi connectivity index (χ2n) is 3.80. The Bertz CT molecular complexity index is 669. The summed E-state index contributed by atoms with van der Waals surface area (Å²) in [6.45, 7) is 0. The summed E-state index contributed by atoms with van der Waals surface area (Å²) < 4.78 is 6.25. The van der Waals surface area contributed by atoms with Crippen molar-refractivity contribution in [1.29, 1.82) is 0 Å². The molecular weight excluding hydrogens is 330 g/mol. The van der Waals surface area contributed by atoms with Crippen LogP contribution in [0.2, 0.25) is 0 Å². The predicted octanol–water partition coefficient (Wildman–Crippen LogP) is 3.85. The molecule has 0 spiro atoms. The summed E-state index contributed by atoms with van der Waals surface area (Å²) in [7, 11) is 0. The number of carboxylic acids is 1. The molecule has 0 atom stereocenters. The SMILES string of the molecule is O=C(O)c1ccc(Oc2ccc(Br)cc2)c([N+](=O)[O-])c1. The fourth-order valence-corrected chi connectivity index (χ4v) is 1.77. The standard InChI is InChI=1S/C13H8BrNO5/c14-9-2-4-10(5-3-9)20-12-6-1-8(13(16)17)7-11(12)15(18)19/h1-7H,(H,16,17). The summed E-state index contributed by atoms with van der Waals surface area (Å²) in [6.07, 6.45) is 0. The van der Waals surface area contributed by atoms with Crippen molar-refractivity contribution < 1.29 is 19.6 Å². The van der Waals surface area contributed by atoms with Gasteiger partial charge in [-0.2, -0.15) is 0 Å². The summed E-state index contributed by atoms with van der Waals surface area (Å²) in [6, 6.07) is 10.2. The van der Waals surface area contributed by atoms with Gasteiger partial charge < -0.3 is 9.84 Å². The van der Waals surface area contributed by atoms with E-state index in [4.69, 9.17) is 9.84 Å². The van der Waals surface area contributed by atoms with Gasteiger partial charge in [0.2, 0.25) is 5.75 Å². The molecule has 20 heavy (non-hydrogen) atoms. The molecule has 0 aromatic heterocycles. The van der Waals surface area contributed by atoms with E-state index >= 15 is 0 Å². The molecule has 1 N–H and O–H groups in total. The summed E-state index contributed by atoms with van der Waals surface area (Å²) >= 11 is 3.26. The van der Waals surface area contributed by atoms with Crippen molar-refractivity contribution in [3.63, 3.8) is 0 Å². The van der Waals surface area contributed by atoms with Gasteiger partial charge in [0.15, 0.2) is 0 Å². The highest BCUT2D eigenvalue weighted by Gasteiger charge is 2.19. The van der Waals surface area contributed by atoms with E-state index in [0.717, 1.165) is 10.5 Å². The highest BCUT2D eigenvalue weighted by atomic mass is 79.9. The lowest BCUT2D eigenvalue weighted by Crippen LogP contribution is -2.00. The first-order valence-corrected chi connectivity index (χ1v) is 6.22. The van der Waals surface area contributed by atoms with Crippen LogP contribution < -0.4 is 4.74 Å². The first kappa shape index (κ1) is 14.0. The molecule has 0 aliphatic rings. The molecule has 7 heteroatoms. The molecule has 0 aliphatic heterocycles. The number of carboxylic acid groups (broad SMARTS) is 1. The largest absolute Gasteiger partial charge is 0.478 e. The normalized spacial score (nSPS) is 10.1. The van der Waals surface area contributed by atoms with E-state index < -0.39 is 16.6 Å². The average molecular weight is 338 g/mol.